The van der Waals surface area contributed by atoms with Gasteiger partial charge in [-0.15, -0.1) is 0 Å². The Bertz CT molecular complexity index is 908. The number of amides is 3. The number of carbonyl (C=O) groups is 2. The van der Waals surface area contributed by atoms with E-state index in [2.05, 4.69) is 0 Å². The first kappa shape index (κ1) is 20.7. The van der Waals surface area contributed by atoms with Crippen LogP contribution in [-0.4, -0.2) is 66.7 Å². The summed E-state index contributed by atoms with van der Waals surface area (Å²) < 4.78 is 41.3. The number of aryl methyl sites for hydroxylation is 1. The predicted octanol–water partition coefficient (Wildman–Crippen LogP) is 2.21. The molecular weight excluding hydrogens is 385 g/mol. The summed E-state index contributed by atoms with van der Waals surface area (Å²) in [4.78, 5) is 27.7. The quantitative estimate of drug-likeness (QED) is 0.712. The van der Waals surface area contributed by atoms with Gasteiger partial charge in [0.15, 0.2) is 0 Å². The highest BCUT2D eigenvalue weighted by atomic mass is 32.2. The smallest absolute Gasteiger partial charge is 0.309 e. The van der Waals surface area contributed by atoms with Crippen molar-refractivity contribution < 1.29 is 22.4 Å². The molecule has 2 fully saturated rings. The SMILES string of the molecule is Cc1ccc(F)c(S(=O)(=O)N2CCC3(CC2)C(=O)N(C)C(=O)N3CC(C)C)c1. The summed E-state index contributed by atoms with van der Waals surface area (Å²) in [7, 11) is -2.56. The molecule has 2 saturated heterocycles. The summed E-state index contributed by atoms with van der Waals surface area (Å²) in [5.41, 5.74) is -0.373. The minimum Gasteiger partial charge on any atom is -0.309 e. The second kappa shape index (κ2) is 7.11. The van der Waals surface area contributed by atoms with Gasteiger partial charge in [0.25, 0.3) is 5.91 Å². The minimum absolute atomic E-state index is 0.0527. The highest BCUT2D eigenvalue weighted by molar-refractivity contribution is 7.89. The Morgan fingerprint density at radius 2 is 1.79 bits per heavy atom. The average Bonchev–Trinajstić information content (AvgIpc) is 2.80. The van der Waals surface area contributed by atoms with Crippen molar-refractivity contribution in [3.05, 3.63) is 29.6 Å². The van der Waals surface area contributed by atoms with Crippen LogP contribution in [0.15, 0.2) is 23.1 Å². The van der Waals surface area contributed by atoms with Gasteiger partial charge in [-0.2, -0.15) is 4.31 Å². The van der Waals surface area contributed by atoms with Gasteiger partial charge in [0.2, 0.25) is 10.0 Å². The fraction of sp³-hybridized carbons (Fsp3) is 0.579. The summed E-state index contributed by atoms with van der Waals surface area (Å²) in [5.74, 6) is -0.917. The number of hydrogen-bond donors (Lipinski definition) is 0. The summed E-state index contributed by atoms with van der Waals surface area (Å²) in [6.45, 7) is 6.16. The molecule has 0 bridgehead atoms. The van der Waals surface area contributed by atoms with Crippen LogP contribution in [0, 0.1) is 18.7 Å². The largest absolute Gasteiger partial charge is 0.327 e. The Hall–Kier alpha value is -2.00. The fourth-order valence-electron chi connectivity index (χ4n) is 4.02. The number of piperidine rings is 1. The van der Waals surface area contributed by atoms with E-state index < -0.39 is 21.4 Å². The molecular formula is C19H26FN3O4S. The third-order valence-electron chi connectivity index (χ3n) is 5.54. The van der Waals surface area contributed by atoms with Crippen LogP contribution in [0.1, 0.15) is 32.3 Å². The summed E-state index contributed by atoms with van der Waals surface area (Å²) in [6.07, 6.45) is 0.391. The van der Waals surface area contributed by atoms with Crippen molar-refractivity contribution in [2.45, 2.75) is 44.0 Å². The maximum absolute atomic E-state index is 14.2. The highest BCUT2D eigenvalue weighted by Crippen LogP contribution is 2.38. The molecule has 7 nitrogen and oxygen atoms in total. The molecule has 2 aliphatic rings. The van der Waals surface area contributed by atoms with E-state index in [1.165, 1.54) is 23.5 Å². The van der Waals surface area contributed by atoms with Crippen molar-refractivity contribution in [3.63, 3.8) is 0 Å². The van der Waals surface area contributed by atoms with E-state index in [-0.39, 0.29) is 48.7 Å². The van der Waals surface area contributed by atoms with Crippen LogP contribution >= 0.6 is 0 Å². The van der Waals surface area contributed by atoms with Crippen molar-refractivity contribution >= 4 is 22.0 Å². The second-order valence-corrected chi connectivity index (χ2v) is 9.93. The topological polar surface area (TPSA) is 78.0 Å². The Kier molecular flexibility index (Phi) is 5.26. The first-order valence-electron chi connectivity index (χ1n) is 9.37. The Morgan fingerprint density at radius 1 is 1.18 bits per heavy atom. The number of likely N-dealkylation sites (N-methyl/N-ethyl adjacent to an activating group) is 1. The van der Waals surface area contributed by atoms with Crippen LogP contribution in [-0.2, 0) is 14.8 Å². The molecule has 28 heavy (non-hydrogen) atoms. The normalized spacial score (nSPS) is 20.6. The first-order chi connectivity index (χ1) is 13.0. The maximum atomic E-state index is 14.2. The van der Waals surface area contributed by atoms with Crippen LogP contribution in [0.2, 0.25) is 0 Å². The van der Waals surface area contributed by atoms with Crippen molar-refractivity contribution in [3.8, 4) is 0 Å². The molecule has 0 aliphatic carbocycles. The predicted molar refractivity (Wildman–Crippen MR) is 102 cm³/mol. The fourth-order valence-corrected chi connectivity index (χ4v) is 5.61. The van der Waals surface area contributed by atoms with Gasteiger partial charge in [-0.3, -0.25) is 9.69 Å². The number of rotatable bonds is 4. The number of imide groups is 1. The lowest BCUT2D eigenvalue weighted by Crippen LogP contribution is -2.57. The van der Waals surface area contributed by atoms with E-state index in [0.717, 1.165) is 11.0 Å². The molecule has 9 heteroatoms. The van der Waals surface area contributed by atoms with Crippen molar-refractivity contribution in [2.24, 2.45) is 5.92 Å². The lowest BCUT2D eigenvalue weighted by atomic mass is 9.86. The standard InChI is InChI=1S/C19H26FN3O4S/c1-13(2)12-23-18(25)21(4)17(24)19(23)7-9-22(10-8-19)28(26,27)16-11-14(3)5-6-15(16)20/h5-6,11,13H,7-10,12H2,1-4H3. The summed E-state index contributed by atoms with van der Waals surface area (Å²) in [5, 5.41) is 0. The third-order valence-corrected chi connectivity index (χ3v) is 7.45. The number of hydrogen-bond acceptors (Lipinski definition) is 4. The van der Waals surface area contributed by atoms with Crippen LogP contribution in [0.25, 0.3) is 0 Å². The lowest BCUT2D eigenvalue weighted by molar-refractivity contribution is -0.134. The summed E-state index contributed by atoms with van der Waals surface area (Å²) >= 11 is 0. The number of urea groups is 1. The minimum atomic E-state index is -4.02. The number of sulfonamides is 1. The second-order valence-electron chi connectivity index (χ2n) is 8.02. The first-order valence-corrected chi connectivity index (χ1v) is 10.8. The van der Waals surface area contributed by atoms with Gasteiger partial charge in [-0.25, -0.2) is 17.6 Å². The van der Waals surface area contributed by atoms with E-state index in [1.807, 2.05) is 13.8 Å². The lowest BCUT2D eigenvalue weighted by Gasteiger charge is -2.42. The van der Waals surface area contributed by atoms with Crippen LogP contribution < -0.4 is 0 Å². The van der Waals surface area contributed by atoms with E-state index in [0.29, 0.717) is 12.1 Å². The van der Waals surface area contributed by atoms with E-state index in [4.69, 9.17) is 0 Å². The van der Waals surface area contributed by atoms with Crippen LogP contribution in [0.4, 0.5) is 9.18 Å². The molecule has 0 saturated carbocycles. The van der Waals surface area contributed by atoms with Crippen LogP contribution in [0.3, 0.4) is 0 Å². The molecule has 0 aromatic heterocycles. The van der Waals surface area contributed by atoms with Gasteiger partial charge in [-0.1, -0.05) is 19.9 Å². The Morgan fingerprint density at radius 3 is 2.36 bits per heavy atom. The van der Waals surface area contributed by atoms with Gasteiger partial charge in [0, 0.05) is 26.7 Å². The molecule has 2 aliphatic heterocycles. The molecule has 0 N–H and O–H groups in total. The molecule has 1 spiro atoms. The van der Waals surface area contributed by atoms with Crippen molar-refractivity contribution in [1.29, 1.82) is 0 Å². The monoisotopic (exact) mass is 411 g/mol. The zero-order valence-electron chi connectivity index (χ0n) is 16.6. The molecule has 3 rings (SSSR count). The average molecular weight is 411 g/mol. The molecule has 0 unspecified atom stereocenters. The molecule has 1 aromatic carbocycles. The molecule has 3 amide bonds. The maximum Gasteiger partial charge on any atom is 0.327 e. The van der Waals surface area contributed by atoms with Gasteiger partial charge >= 0.3 is 6.03 Å². The van der Waals surface area contributed by atoms with E-state index >= 15 is 0 Å². The van der Waals surface area contributed by atoms with Gasteiger partial charge in [0.1, 0.15) is 16.3 Å². The third kappa shape index (κ3) is 3.20. The molecule has 0 atom stereocenters. The van der Waals surface area contributed by atoms with Gasteiger partial charge in [0.05, 0.1) is 0 Å². The number of carbonyl (C=O) groups excluding carboxylic acids is 2. The van der Waals surface area contributed by atoms with E-state index in [1.54, 1.807) is 11.8 Å². The molecule has 0 radical (unpaired) electrons. The number of benzene rings is 1. The number of nitrogens with zero attached hydrogens (tertiary/aromatic N) is 3. The van der Waals surface area contributed by atoms with Crippen molar-refractivity contribution in [2.75, 3.05) is 26.7 Å². The molecule has 2 heterocycles. The Balaban J connectivity index is 1.87. The number of halogens is 1. The summed E-state index contributed by atoms with van der Waals surface area (Å²) in [6, 6.07) is 3.63. The Labute approximate surface area is 165 Å². The zero-order chi connectivity index (χ0) is 20.9. The van der Waals surface area contributed by atoms with E-state index in [9.17, 15) is 22.4 Å². The van der Waals surface area contributed by atoms with Crippen molar-refractivity contribution in [1.82, 2.24) is 14.1 Å². The zero-order valence-corrected chi connectivity index (χ0v) is 17.4. The molecule has 1 aromatic rings. The van der Waals surface area contributed by atoms with Gasteiger partial charge < -0.3 is 4.90 Å². The molecule has 154 valence electrons. The highest BCUT2D eigenvalue weighted by Gasteiger charge is 2.57. The van der Waals surface area contributed by atoms with Gasteiger partial charge in [-0.05, 0) is 43.4 Å². The van der Waals surface area contributed by atoms with Crippen LogP contribution in [0.5, 0.6) is 0 Å².